The first-order valence-corrected chi connectivity index (χ1v) is 12.8. The highest BCUT2D eigenvalue weighted by atomic mass is 32.1. The van der Waals surface area contributed by atoms with Crippen LogP contribution >= 0.6 is 11.3 Å². The van der Waals surface area contributed by atoms with E-state index in [0.29, 0.717) is 29.4 Å². The predicted octanol–water partition coefficient (Wildman–Crippen LogP) is 4.18. The third-order valence-corrected chi connectivity index (χ3v) is 6.55. The number of amides is 2. The number of phenols is 1. The molecule has 2 heterocycles. The smallest absolute Gasteiger partial charge is 0.230 e. The third-order valence-electron chi connectivity index (χ3n) is 5.65. The molecule has 0 fully saturated rings. The van der Waals surface area contributed by atoms with Crippen molar-refractivity contribution in [3.63, 3.8) is 0 Å². The normalized spacial score (nSPS) is 13.0. The topological polar surface area (TPSA) is 129 Å². The highest BCUT2D eigenvalue weighted by molar-refractivity contribution is 7.15. The van der Waals surface area contributed by atoms with E-state index < -0.39 is 11.6 Å². The summed E-state index contributed by atoms with van der Waals surface area (Å²) in [5, 5.41) is 32.8. The van der Waals surface area contributed by atoms with E-state index in [4.69, 9.17) is 0 Å². The van der Waals surface area contributed by atoms with Crippen LogP contribution in [0.15, 0.2) is 58.7 Å². The molecule has 3 aromatic rings. The SMILES string of the molecule is O=C(Cc1ccccc1)NC1=NN=C(CCCCc2nnc(NC(=O)Cc3ccc(F)c(O)c3)s2)CC1. The van der Waals surface area contributed by atoms with E-state index in [1.54, 1.807) is 0 Å². The Hall–Kier alpha value is -3.99. The quantitative estimate of drug-likeness (QED) is 0.344. The van der Waals surface area contributed by atoms with Crippen molar-refractivity contribution in [2.75, 3.05) is 5.32 Å². The first-order valence-electron chi connectivity index (χ1n) is 12.0. The molecule has 9 nitrogen and oxygen atoms in total. The summed E-state index contributed by atoms with van der Waals surface area (Å²) in [7, 11) is 0. The number of aryl methyl sites for hydroxylation is 1. The second-order valence-corrected chi connectivity index (χ2v) is 9.70. The minimum atomic E-state index is -0.728. The van der Waals surface area contributed by atoms with Crippen molar-refractivity contribution < 1.29 is 19.1 Å². The molecule has 4 rings (SSSR count). The van der Waals surface area contributed by atoms with E-state index in [1.807, 2.05) is 30.3 Å². The number of nitrogens with zero attached hydrogens (tertiary/aromatic N) is 4. The van der Waals surface area contributed by atoms with Crippen LogP contribution in [0.25, 0.3) is 0 Å². The Kier molecular flexibility index (Phi) is 9.03. The first kappa shape index (κ1) is 26.1. The molecule has 1 aliphatic rings. The number of nitrogens with one attached hydrogen (secondary N) is 2. The van der Waals surface area contributed by atoms with Gasteiger partial charge in [-0.2, -0.15) is 5.10 Å². The van der Waals surface area contributed by atoms with E-state index in [1.165, 1.54) is 23.5 Å². The number of hydrogen-bond acceptors (Lipinski definition) is 8. The zero-order valence-corrected chi connectivity index (χ0v) is 20.9. The molecule has 0 unspecified atom stereocenters. The second kappa shape index (κ2) is 12.8. The molecule has 0 atom stereocenters. The van der Waals surface area contributed by atoms with Crippen LogP contribution < -0.4 is 10.6 Å². The lowest BCUT2D eigenvalue weighted by atomic mass is 10.1. The number of rotatable bonds is 10. The van der Waals surface area contributed by atoms with Gasteiger partial charge in [-0.25, -0.2) is 4.39 Å². The lowest BCUT2D eigenvalue weighted by Crippen LogP contribution is -2.33. The van der Waals surface area contributed by atoms with E-state index >= 15 is 0 Å². The molecule has 0 bridgehead atoms. The van der Waals surface area contributed by atoms with Gasteiger partial charge in [-0.3, -0.25) is 9.59 Å². The van der Waals surface area contributed by atoms with Gasteiger partial charge in [0.15, 0.2) is 11.6 Å². The molecule has 0 saturated carbocycles. The van der Waals surface area contributed by atoms with Gasteiger partial charge in [-0.1, -0.05) is 47.7 Å². The number of amidine groups is 1. The fourth-order valence-electron chi connectivity index (χ4n) is 3.77. The van der Waals surface area contributed by atoms with Gasteiger partial charge < -0.3 is 15.7 Å². The summed E-state index contributed by atoms with van der Waals surface area (Å²) in [5.41, 5.74) is 2.47. The lowest BCUT2D eigenvalue weighted by molar-refractivity contribution is -0.119. The van der Waals surface area contributed by atoms with Crippen LogP contribution in [0.1, 0.15) is 48.2 Å². The Morgan fingerprint density at radius 2 is 1.65 bits per heavy atom. The Balaban J connectivity index is 1.14. The van der Waals surface area contributed by atoms with E-state index in [9.17, 15) is 19.1 Å². The van der Waals surface area contributed by atoms with Crippen LogP contribution in [0.3, 0.4) is 0 Å². The zero-order chi connectivity index (χ0) is 26.0. The molecule has 0 radical (unpaired) electrons. The standard InChI is InChI=1S/C26H27FN6O3S/c27-20-12-10-18(14-21(20)34)16-24(36)29-26-33-32-25(37-26)9-5-4-8-19-11-13-22(31-30-19)28-23(35)15-17-6-2-1-3-7-17/h1-3,6-7,10,12,14,34H,4-5,8-9,11,13,15-16H2,(H,28,31,35)(H,29,33,36). The molecule has 11 heteroatoms. The van der Waals surface area contributed by atoms with Crippen LogP contribution in [0.5, 0.6) is 5.75 Å². The number of benzene rings is 2. The van der Waals surface area contributed by atoms with Crippen molar-refractivity contribution in [2.24, 2.45) is 10.2 Å². The number of unbranched alkanes of at least 4 members (excludes halogenated alkanes) is 1. The minimum absolute atomic E-state index is 0.00817. The van der Waals surface area contributed by atoms with Crippen LogP contribution in [0.2, 0.25) is 0 Å². The minimum Gasteiger partial charge on any atom is -0.505 e. The lowest BCUT2D eigenvalue weighted by Gasteiger charge is -2.13. The Morgan fingerprint density at radius 1 is 0.892 bits per heavy atom. The van der Waals surface area contributed by atoms with Crippen LogP contribution in [0, 0.1) is 5.82 Å². The number of anilines is 1. The molecule has 2 aromatic carbocycles. The number of aromatic hydroxyl groups is 1. The molecule has 1 aliphatic heterocycles. The van der Waals surface area contributed by atoms with E-state index in [0.717, 1.165) is 54.5 Å². The van der Waals surface area contributed by atoms with Gasteiger partial charge in [-0.15, -0.1) is 15.3 Å². The average molecular weight is 523 g/mol. The van der Waals surface area contributed by atoms with Gasteiger partial charge >= 0.3 is 0 Å². The maximum Gasteiger partial charge on any atom is 0.230 e. The highest BCUT2D eigenvalue weighted by Crippen LogP contribution is 2.20. The average Bonchev–Trinajstić information content (AvgIpc) is 3.32. The molecule has 0 spiro atoms. The summed E-state index contributed by atoms with van der Waals surface area (Å²) in [5.74, 6) is -1.02. The summed E-state index contributed by atoms with van der Waals surface area (Å²) in [4.78, 5) is 24.4. The van der Waals surface area contributed by atoms with Crippen molar-refractivity contribution in [1.82, 2.24) is 15.5 Å². The molecule has 0 aliphatic carbocycles. The van der Waals surface area contributed by atoms with Crippen molar-refractivity contribution in [3.8, 4) is 5.75 Å². The van der Waals surface area contributed by atoms with E-state index in [2.05, 4.69) is 31.0 Å². The Labute approximate surface area is 217 Å². The summed E-state index contributed by atoms with van der Waals surface area (Å²) in [6.45, 7) is 0. The summed E-state index contributed by atoms with van der Waals surface area (Å²) in [6, 6.07) is 13.4. The summed E-state index contributed by atoms with van der Waals surface area (Å²) >= 11 is 1.31. The van der Waals surface area contributed by atoms with Gasteiger partial charge in [0.1, 0.15) is 10.8 Å². The summed E-state index contributed by atoms with van der Waals surface area (Å²) < 4.78 is 13.1. The fourth-order valence-corrected chi connectivity index (χ4v) is 4.57. The van der Waals surface area contributed by atoms with Crippen LogP contribution in [-0.2, 0) is 28.9 Å². The van der Waals surface area contributed by atoms with Crippen molar-refractivity contribution in [3.05, 3.63) is 70.5 Å². The second-order valence-electron chi connectivity index (χ2n) is 8.64. The molecular weight excluding hydrogens is 495 g/mol. The molecule has 192 valence electrons. The monoisotopic (exact) mass is 522 g/mol. The van der Waals surface area contributed by atoms with Gasteiger partial charge in [0.2, 0.25) is 16.9 Å². The molecule has 37 heavy (non-hydrogen) atoms. The fraction of sp³-hybridized carbons (Fsp3) is 0.308. The third kappa shape index (κ3) is 8.28. The molecular formula is C26H27FN6O3S. The Morgan fingerprint density at radius 3 is 2.41 bits per heavy atom. The highest BCUT2D eigenvalue weighted by Gasteiger charge is 2.14. The number of aromatic nitrogens is 2. The number of halogens is 1. The summed E-state index contributed by atoms with van der Waals surface area (Å²) in [6.07, 6.45) is 5.10. The Bertz CT molecular complexity index is 1310. The number of phenolic OH excluding ortho intramolecular Hbond substituents is 1. The van der Waals surface area contributed by atoms with Gasteiger partial charge in [-0.05, 0) is 48.9 Å². The number of carbonyl (C=O) groups excluding carboxylic acids is 2. The van der Waals surface area contributed by atoms with Crippen LogP contribution in [-0.4, -0.2) is 38.7 Å². The largest absolute Gasteiger partial charge is 0.505 e. The van der Waals surface area contributed by atoms with E-state index in [-0.39, 0.29) is 18.2 Å². The van der Waals surface area contributed by atoms with Crippen molar-refractivity contribution in [1.29, 1.82) is 0 Å². The molecule has 0 saturated heterocycles. The maximum atomic E-state index is 13.1. The van der Waals surface area contributed by atoms with Crippen molar-refractivity contribution >= 4 is 39.8 Å². The number of carbonyl (C=O) groups is 2. The number of hydrogen-bond donors (Lipinski definition) is 3. The molecule has 1 aromatic heterocycles. The molecule has 3 N–H and O–H groups in total. The maximum absolute atomic E-state index is 13.1. The van der Waals surface area contributed by atoms with Gasteiger partial charge in [0, 0.05) is 18.6 Å². The van der Waals surface area contributed by atoms with Gasteiger partial charge in [0.25, 0.3) is 0 Å². The molecule has 2 amide bonds. The predicted molar refractivity (Wildman–Crippen MR) is 140 cm³/mol. The first-order chi connectivity index (χ1) is 17.9. The van der Waals surface area contributed by atoms with Crippen LogP contribution in [0.4, 0.5) is 9.52 Å². The van der Waals surface area contributed by atoms with Crippen molar-refractivity contribution in [2.45, 2.75) is 51.4 Å². The zero-order valence-electron chi connectivity index (χ0n) is 20.1. The van der Waals surface area contributed by atoms with Gasteiger partial charge in [0.05, 0.1) is 12.8 Å².